The number of carbonyl (C=O) groups excluding carboxylic acids is 1. The molecule has 0 aliphatic carbocycles. The quantitative estimate of drug-likeness (QED) is 0.334. The van der Waals surface area contributed by atoms with Gasteiger partial charge in [-0.1, -0.05) is 29.5 Å². The Morgan fingerprint density at radius 2 is 1.75 bits per heavy atom. The van der Waals surface area contributed by atoms with Crippen LogP contribution in [0.25, 0.3) is 17.1 Å². The van der Waals surface area contributed by atoms with E-state index in [0.29, 0.717) is 10.9 Å². The van der Waals surface area contributed by atoms with Crippen molar-refractivity contribution >= 4 is 28.9 Å². The molecule has 0 unspecified atom stereocenters. The van der Waals surface area contributed by atoms with E-state index in [1.54, 1.807) is 12.4 Å². The third-order valence-corrected chi connectivity index (χ3v) is 6.18. The number of Topliss-reactive ketones (excluding diaryl/α,β-unsaturated/α-hetero) is 1. The number of rotatable bonds is 6. The van der Waals surface area contributed by atoms with Crippen LogP contribution in [0.3, 0.4) is 0 Å². The minimum atomic E-state index is 0.104. The number of thiophene rings is 1. The number of ketones is 1. The van der Waals surface area contributed by atoms with Gasteiger partial charge in [0.15, 0.2) is 16.8 Å². The van der Waals surface area contributed by atoms with Crippen molar-refractivity contribution in [3.05, 3.63) is 76.2 Å². The molecule has 0 atom stereocenters. The first kappa shape index (κ1) is 18.6. The van der Waals surface area contributed by atoms with E-state index in [1.807, 2.05) is 47.9 Å². The molecule has 5 nitrogen and oxygen atoms in total. The summed E-state index contributed by atoms with van der Waals surface area (Å²) >= 11 is 2.93. The predicted octanol–water partition coefficient (Wildman–Crippen LogP) is 4.98. The molecule has 140 valence electrons. The number of pyridine rings is 1. The lowest BCUT2D eigenvalue weighted by Gasteiger charge is -2.10. The van der Waals surface area contributed by atoms with Gasteiger partial charge in [-0.3, -0.25) is 14.3 Å². The molecule has 0 amide bonds. The van der Waals surface area contributed by atoms with Crippen molar-refractivity contribution in [2.24, 2.45) is 0 Å². The lowest BCUT2D eigenvalue weighted by Crippen LogP contribution is -2.03. The highest BCUT2D eigenvalue weighted by molar-refractivity contribution is 7.99. The Balaban J connectivity index is 1.68. The molecule has 7 heteroatoms. The van der Waals surface area contributed by atoms with Crippen molar-refractivity contribution in [1.82, 2.24) is 19.7 Å². The highest BCUT2D eigenvalue weighted by atomic mass is 32.2. The third-order valence-electron chi connectivity index (χ3n) is 4.21. The largest absolute Gasteiger partial charge is 0.292 e. The second-order valence-electron chi connectivity index (χ2n) is 6.34. The van der Waals surface area contributed by atoms with E-state index in [-0.39, 0.29) is 5.78 Å². The maximum atomic E-state index is 12.5. The molecule has 0 radical (unpaired) electrons. The van der Waals surface area contributed by atoms with E-state index in [2.05, 4.69) is 34.2 Å². The molecule has 0 aliphatic rings. The van der Waals surface area contributed by atoms with Crippen LogP contribution in [0.1, 0.15) is 20.1 Å². The zero-order valence-corrected chi connectivity index (χ0v) is 17.1. The Labute approximate surface area is 171 Å². The topological polar surface area (TPSA) is 60.7 Å². The van der Waals surface area contributed by atoms with Crippen molar-refractivity contribution < 1.29 is 4.79 Å². The summed E-state index contributed by atoms with van der Waals surface area (Å²) in [5, 5.41) is 9.46. The number of hydrogen-bond donors (Lipinski definition) is 0. The Morgan fingerprint density at radius 1 is 1.00 bits per heavy atom. The molecule has 0 saturated carbocycles. The molecule has 4 aromatic rings. The van der Waals surface area contributed by atoms with Crippen molar-refractivity contribution in [1.29, 1.82) is 0 Å². The van der Waals surface area contributed by atoms with Crippen LogP contribution in [-0.4, -0.2) is 31.3 Å². The molecular weight excluding hydrogens is 388 g/mol. The lowest BCUT2D eigenvalue weighted by atomic mass is 10.2. The smallest absolute Gasteiger partial charge is 0.196 e. The molecule has 0 N–H and O–H groups in total. The first-order chi connectivity index (χ1) is 13.6. The zero-order chi connectivity index (χ0) is 19.5. The van der Waals surface area contributed by atoms with Crippen LogP contribution in [0.4, 0.5) is 0 Å². The van der Waals surface area contributed by atoms with Crippen LogP contribution in [0.5, 0.6) is 0 Å². The fraction of sp³-hybridized carbons (Fsp3) is 0.143. The predicted molar refractivity (Wildman–Crippen MR) is 113 cm³/mol. The van der Waals surface area contributed by atoms with Crippen LogP contribution >= 0.6 is 23.1 Å². The molecule has 0 bridgehead atoms. The summed E-state index contributed by atoms with van der Waals surface area (Å²) in [5.41, 5.74) is 3.07. The number of nitrogens with zero attached hydrogens (tertiary/aromatic N) is 4. The molecule has 0 spiro atoms. The summed E-state index contributed by atoms with van der Waals surface area (Å²) in [4.78, 5) is 18.5. The Kier molecular flexibility index (Phi) is 5.36. The fourth-order valence-electron chi connectivity index (χ4n) is 2.76. The van der Waals surface area contributed by atoms with Gasteiger partial charge in [0.1, 0.15) is 0 Å². The Morgan fingerprint density at radius 3 is 2.43 bits per heavy atom. The third kappa shape index (κ3) is 3.90. The van der Waals surface area contributed by atoms with Crippen LogP contribution in [0.15, 0.2) is 66.1 Å². The number of hydrogen-bond acceptors (Lipinski definition) is 6. The molecule has 3 aromatic heterocycles. The van der Waals surface area contributed by atoms with Crippen molar-refractivity contribution in [2.45, 2.75) is 19.0 Å². The van der Waals surface area contributed by atoms with E-state index >= 15 is 0 Å². The van der Waals surface area contributed by atoms with Crippen LogP contribution < -0.4 is 0 Å². The number of benzene rings is 1. The van der Waals surface area contributed by atoms with Gasteiger partial charge >= 0.3 is 0 Å². The number of aryl methyl sites for hydroxylation is 2. The average molecular weight is 407 g/mol. The molecular formula is C21H18N4OS2. The van der Waals surface area contributed by atoms with Crippen molar-refractivity contribution in [2.75, 3.05) is 5.75 Å². The van der Waals surface area contributed by atoms with Crippen LogP contribution in [0, 0.1) is 13.8 Å². The zero-order valence-electron chi connectivity index (χ0n) is 15.5. The monoisotopic (exact) mass is 406 g/mol. The Hall–Kier alpha value is -2.77. The van der Waals surface area contributed by atoms with Gasteiger partial charge in [-0.05, 0) is 50.2 Å². The van der Waals surface area contributed by atoms with E-state index in [9.17, 15) is 4.79 Å². The summed E-state index contributed by atoms with van der Waals surface area (Å²) in [7, 11) is 0. The summed E-state index contributed by atoms with van der Waals surface area (Å²) in [6.07, 6.45) is 3.47. The average Bonchev–Trinajstić information content (AvgIpc) is 3.34. The molecule has 4 rings (SSSR count). The summed E-state index contributed by atoms with van der Waals surface area (Å²) in [6, 6.07) is 15.9. The SMILES string of the molecule is Cc1ccc(-n2c(SCC(=O)c3ccc(C)s3)nnc2-c2ccncc2)cc1. The van der Waals surface area contributed by atoms with E-state index in [4.69, 9.17) is 0 Å². The molecule has 0 fully saturated rings. The molecule has 1 aromatic carbocycles. The van der Waals surface area contributed by atoms with E-state index in [1.165, 1.54) is 28.7 Å². The van der Waals surface area contributed by atoms with Gasteiger partial charge in [0, 0.05) is 28.5 Å². The first-order valence-corrected chi connectivity index (χ1v) is 10.6. The van der Waals surface area contributed by atoms with Gasteiger partial charge < -0.3 is 0 Å². The van der Waals surface area contributed by atoms with Gasteiger partial charge in [0.25, 0.3) is 0 Å². The summed E-state index contributed by atoms with van der Waals surface area (Å²) in [6.45, 7) is 4.06. The number of thioether (sulfide) groups is 1. The lowest BCUT2D eigenvalue weighted by molar-refractivity contribution is 0.102. The maximum absolute atomic E-state index is 12.5. The minimum Gasteiger partial charge on any atom is -0.292 e. The molecule has 28 heavy (non-hydrogen) atoms. The van der Waals surface area contributed by atoms with E-state index in [0.717, 1.165) is 26.8 Å². The van der Waals surface area contributed by atoms with Crippen molar-refractivity contribution in [3.8, 4) is 17.1 Å². The van der Waals surface area contributed by atoms with Gasteiger partial charge in [0.05, 0.1) is 10.6 Å². The highest BCUT2D eigenvalue weighted by Gasteiger charge is 2.18. The van der Waals surface area contributed by atoms with Gasteiger partial charge in [0.2, 0.25) is 0 Å². The second-order valence-corrected chi connectivity index (χ2v) is 8.57. The highest BCUT2D eigenvalue weighted by Crippen LogP contribution is 2.29. The molecule has 0 aliphatic heterocycles. The summed E-state index contributed by atoms with van der Waals surface area (Å²) in [5.74, 6) is 1.15. The van der Waals surface area contributed by atoms with Crippen molar-refractivity contribution in [3.63, 3.8) is 0 Å². The fourth-order valence-corrected chi connectivity index (χ4v) is 4.50. The standard InChI is InChI=1S/C21H18N4OS2/c1-14-3-6-17(7-4-14)25-20(16-9-11-22-12-10-16)23-24-21(25)27-13-18(26)19-8-5-15(2)28-19/h3-12H,13H2,1-2H3. The van der Waals surface area contributed by atoms with Gasteiger partial charge in [-0.2, -0.15) is 0 Å². The van der Waals surface area contributed by atoms with E-state index < -0.39 is 0 Å². The molecule has 0 saturated heterocycles. The minimum absolute atomic E-state index is 0.104. The van der Waals surface area contributed by atoms with Gasteiger partial charge in [-0.25, -0.2) is 0 Å². The molecule has 3 heterocycles. The number of aromatic nitrogens is 4. The maximum Gasteiger partial charge on any atom is 0.196 e. The second kappa shape index (κ2) is 8.08. The normalized spacial score (nSPS) is 10.9. The van der Waals surface area contributed by atoms with Gasteiger partial charge in [-0.15, -0.1) is 21.5 Å². The first-order valence-electron chi connectivity index (χ1n) is 8.77. The number of carbonyl (C=O) groups is 1. The Bertz CT molecular complexity index is 1100. The summed E-state index contributed by atoms with van der Waals surface area (Å²) < 4.78 is 1.99. The van der Waals surface area contributed by atoms with Crippen LogP contribution in [0.2, 0.25) is 0 Å². The van der Waals surface area contributed by atoms with Crippen LogP contribution in [-0.2, 0) is 0 Å².